The highest BCUT2D eigenvalue weighted by molar-refractivity contribution is 6.05. The molecule has 0 aliphatic heterocycles. The van der Waals surface area contributed by atoms with Crippen LogP contribution < -0.4 is 29.0 Å². The fraction of sp³-hybridized carbons (Fsp3) is 0.192. The largest absolute Gasteiger partial charge is 0.497 e. The standard InChI is InChI=1S/C26H25N3O7/c1-31-19-10-17(11-20(14-19)32-2)26-29-28-25(36-26)15-6-8-18(9-7-15)27-24(30)16-12-21(33-3)23(35-5)22(13-16)34-4/h6-14H,1-5H3,(H,27,30). The molecular weight excluding hydrogens is 466 g/mol. The summed E-state index contributed by atoms with van der Waals surface area (Å²) in [5, 5.41) is 11.1. The van der Waals surface area contributed by atoms with Crippen LogP contribution in [-0.2, 0) is 0 Å². The molecule has 0 bridgehead atoms. The summed E-state index contributed by atoms with van der Waals surface area (Å²) in [6, 6.07) is 15.5. The molecule has 1 aromatic heterocycles. The Morgan fingerprint density at radius 2 is 1.25 bits per heavy atom. The van der Waals surface area contributed by atoms with E-state index < -0.39 is 0 Å². The van der Waals surface area contributed by atoms with Crippen LogP contribution in [0, 0.1) is 0 Å². The van der Waals surface area contributed by atoms with Crippen molar-refractivity contribution in [2.24, 2.45) is 0 Å². The number of methoxy groups -OCH3 is 5. The number of rotatable bonds is 9. The monoisotopic (exact) mass is 491 g/mol. The number of carbonyl (C=O) groups excluding carboxylic acids is 1. The van der Waals surface area contributed by atoms with Crippen LogP contribution in [-0.4, -0.2) is 51.7 Å². The maximum Gasteiger partial charge on any atom is 0.255 e. The number of anilines is 1. The molecule has 1 heterocycles. The minimum atomic E-state index is -0.339. The van der Waals surface area contributed by atoms with Crippen LogP contribution in [0.1, 0.15) is 10.4 Å². The minimum absolute atomic E-state index is 0.321. The predicted octanol–water partition coefficient (Wildman–Crippen LogP) is 4.70. The molecule has 10 nitrogen and oxygen atoms in total. The van der Waals surface area contributed by atoms with Crippen molar-refractivity contribution in [3.05, 3.63) is 60.2 Å². The number of hydrogen-bond acceptors (Lipinski definition) is 9. The van der Waals surface area contributed by atoms with Crippen molar-refractivity contribution in [3.8, 4) is 51.7 Å². The molecule has 0 fully saturated rings. The highest BCUT2D eigenvalue weighted by Gasteiger charge is 2.18. The van der Waals surface area contributed by atoms with Gasteiger partial charge in [0.2, 0.25) is 17.5 Å². The maximum atomic E-state index is 12.8. The zero-order chi connectivity index (χ0) is 25.7. The van der Waals surface area contributed by atoms with E-state index in [1.165, 1.54) is 21.3 Å². The van der Waals surface area contributed by atoms with Crippen molar-refractivity contribution in [1.82, 2.24) is 10.2 Å². The third-order valence-corrected chi connectivity index (χ3v) is 5.34. The molecule has 4 aromatic rings. The van der Waals surface area contributed by atoms with Crippen LogP contribution in [0.25, 0.3) is 22.9 Å². The number of nitrogens with zero attached hydrogens (tertiary/aromatic N) is 2. The Kier molecular flexibility index (Phi) is 7.24. The van der Waals surface area contributed by atoms with Crippen molar-refractivity contribution in [2.45, 2.75) is 0 Å². The third-order valence-electron chi connectivity index (χ3n) is 5.34. The van der Waals surface area contributed by atoms with Crippen LogP contribution in [0.5, 0.6) is 28.7 Å². The number of hydrogen-bond donors (Lipinski definition) is 1. The van der Waals surface area contributed by atoms with Crippen LogP contribution in [0.2, 0.25) is 0 Å². The molecule has 10 heteroatoms. The summed E-state index contributed by atoms with van der Waals surface area (Å²) in [5.74, 6) is 2.71. The van der Waals surface area contributed by atoms with Gasteiger partial charge in [-0.1, -0.05) is 0 Å². The van der Waals surface area contributed by atoms with Gasteiger partial charge in [0.15, 0.2) is 11.5 Å². The van der Waals surface area contributed by atoms with Gasteiger partial charge in [-0.3, -0.25) is 4.79 Å². The molecule has 0 saturated carbocycles. The fourth-order valence-electron chi connectivity index (χ4n) is 3.50. The summed E-state index contributed by atoms with van der Waals surface area (Å²) in [6.45, 7) is 0. The van der Waals surface area contributed by atoms with Gasteiger partial charge in [-0.15, -0.1) is 10.2 Å². The summed E-state index contributed by atoms with van der Waals surface area (Å²) < 4.78 is 32.4. The van der Waals surface area contributed by atoms with Gasteiger partial charge in [0.25, 0.3) is 5.91 Å². The number of ether oxygens (including phenoxy) is 5. The van der Waals surface area contributed by atoms with E-state index in [4.69, 9.17) is 28.1 Å². The van der Waals surface area contributed by atoms with E-state index in [0.29, 0.717) is 62.9 Å². The summed E-state index contributed by atoms with van der Waals surface area (Å²) in [7, 11) is 7.62. The second kappa shape index (κ2) is 10.7. The van der Waals surface area contributed by atoms with Crippen molar-refractivity contribution >= 4 is 11.6 Å². The Labute approximate surface area is 207 Å². The van der Waals surface area contributed by atoms with E-state index in [1.54, 1.807) is 68.8 Å². The molecule has 36 heavy (non-hydrogen) atoms. The van der Waals surface area contributed by atoms with E-state index in [9.17, 15) is 4.79 Å². The number of carbonyl (C=O) groups is 1. The molecule has 4 rings (SSSR count). The Morgan fingerprint density at radius 3 is 1.75 bits per heavy atom. The first-order chi connectivity index (χ1) is 17.5. The van der Waals surface area contributed by atoms with Gasteiger partial charge in [0.05, 0.1) is 35.5 Å². The molecule has 186 valence electrons. The Morgan fingerprint density at radius 1 is 0.694 bits per heavy atom. The molecule has 0 aliphatic rings. The van der Waals surface area contributed by atoms with E-state index >= 15 is 0 Å². The molecule has 0 unspecified atom stereocenters. The van der Waals surface area contributed by atoms with Gasteiger partial charge in [-0.25, -0.2) is 0 Å². The van der Waals surface area contributed by atoms with Crippen LogP contribution in [0.4, 0.5) is 5.69 Å². The average molecular weight is 492 g/mol. The fourth-order valence-corrected chi connectivity index (χ4v) is 3.50. The van der Waals surface area contributed by atoms with E-state index in [2.05, 4.69) is 15.5 Å². The Hall–Kier alpha value is -4.73. The molecule has 0 atom stereocenters. The van der Waals surface area contributed by atoms with E-state index in [0.717, 1.165) is 0 Å². The first-order valence-electron chi connectivity index (χ1n) is 10.8. The number of benzene rings is 3. The Balaban J connectivity index is 1.52. The number of aromatic nitrogens is 2. The predicted molar refractivity (Wildman–Crippen MR) is 132 cm³/mol. The molecular formula is C26H25N3O7. The summed E-state index contributed by atoms with van der Waals surface area (Å²) in [5.41, 5.74) is 2.28. The van der Waals surface area contributed by atoms with Gasteiger partial charge in [0, 0.05) is 28.4 Å². The SMILES string of the molecule is COc1cc(OC)cc(-c2nnc(-c3ccc(NC(=O)c4cc(OC)c(OC)c(OC)c4)cc3)o2)c1. The molecule has 1 amide bonds. The lowest BCUT2D eigenvalue weighted by Crippen LogP contribution is -2.12. The van der Waals surface area contributed by atoms with Crippen LogP contribution >= 0.6 is 0 Å². The molecule has 3 aromatic carbocycles. The summed E-state index contributed by atoms with van der Waals surface area (Å²) in [6.07, 6.45) is 0. The minimum Gasteiger partial charge on any atom is -0.497 e. The molecule has 0 spiro atoms. The van der Waals surface area contributed by atoms with Crippen molar-refractivity contribution in [2.75, 3.05) is 40.9 Å². The average Bonchev–Trinajstić information content (AvgIpc) is 3.42. The van der Waals surface area contributed by atoms with Gasteiger partial charge in [-0.05, 0) is 48.5 Å². The zero-order valence-corrected chi connectivity index (χ0v) is 20.4. The summed E-state index contributed by atoms with van der Waals surface area (Å²) in [4.78, 5) is 12.8. The maximum absolute atomic E-state index is 12.8. The number of amides is 1. The van der Waals surface area contributed by atoms with E-state index in [1.807, 2.05) is 0 Å². The highest BCUT2D eigenvalue weighted by atomic mass is 16.5. The van der Waals surface area contributed by atoms with Gasteiger partial charge in [-0.2, -0.15) is 0 Å². The van der Waals surface area contributed by atoms with Crippen LogP contribution in [0.3, 0.4) is 0 Å². The van der Waals surface area contributed by atoms with Gasteiger partial charge >= 0.3 is 0 Å². The van der Waals surface area contributed by atoms with Crippen molar-refractivity contribution in [1.29, 1.82) is 0 Å². The number of nitrogens with one attached hydrogen (secondary N) is 1. The third kappa shape index (κ3) is 5.02. The first kappa shape index (κ1) is 24.4. The van der Waals surface area contributed by atoms with Crippen LogP contribution in [0.15, 0.2) is 59.0 Å². The normalized spacial score (nSPS) is 10.5. The van der Waals surface area contributed by atoms with Gasteiger partial charge < -0.3 is 33.4 Å². The summed E-state index contributed by atoms with van der Waals surface area (Å²) >= 11 is 0. The molecule has 0 saturated heterocycles. The molecule has 1 N–H and O–H groups in total. The van der Waals surface area contributed by atoms with Gasteiger partial charge in [0.1, 0.15) is 11.5 Å². The van der Waals surface area contributed by atoms with Crippen molar-refractivity contribution < 1.29 is 32.9 Å². The smallest absolute Gasteiger partial charge is 0.255 e. The second-order valence-electron chi connectivity index (χ2n) is 7.46. The Bertz CT molecular complexity index is 1320. The highest BCUT2D eigenvalue weighted by Crippen LogP contribution is 2.38. The first-order valence-corrected chi connectivity index (χ1v) is 10.8. The molecule has 0 radical (unpaired) electrons. The lowest BCUT2D eigenvalue weighted by Gasteiger charge is -2.14. The van der Waals surface area contributed by atoms with E-state index in [-0.39, 0.29) is 5.91 Å². The topological polar surface area (TPSA) is 114 Å². The lowest BCUT2D eigenvalue weighted by molar-refractivity contribution is 0.102. The van der Waals surface area contributed by atoms with Crippen molar-refractivity contribution in [3.63, 3.8) is 0 Å². The molecule has 0 aliphatic carbocycles. The second-order valence-corrected chi connectivity index (χ2v) is 7.46. The quantitative estimate of drug-likeness (QED) is 0.356. The zero-order valence-electron chi connectivity index (χ0n) is 20.4. The lowest BCUT2D eigenvalue weighted by atomic mass is 10.1.